The van der Waals surface area contributed by atoms with Crippen molar-refractivity contribution in [2.45, 2.75) is 58.4 Å². The quantitative estimate of drug-likeness (QED) is 0.562. The molecule has 1 aromatic carbocycles. The van der Waals surface area contributed by atoms with Gasteiger partial charge in [-0.05, 0) is 42.9 Å². The van der Waals surface area contributed by atoms with Crippen LogP contribution in [0.2, 0.25) is 0 Å². The first-order valence-corrected chi connectivity index (χ1v) is 13.5. The largest absolute Gasteiger partial charge is 0.295 e. The molecule has 0 bridgehead atoms. The van der Waals surface area contributed by atoms with E-state index in [4.69, 9.17) is 0 Å². The third-order valence-electron chi connectivity index (χ3n) is 6.27. The summed E-state index contributed by atoms with van der Waals surface area (Å²) in [6.07, 6.45) is 0. The van der Waals surface area contributed by atoms with Crippen molar-refractivity contribution in [1.82, 2.24) is 18.6 Å². The van der Waals surface area contributed by atoms with Crippen molar-refractivity contribution in [2.75, 3.05) is 26.2 Å². The predicted octanol–water partition coefficient (Wildman–Crippen LogP) is 3.49. The molecule has 0 radical (unpaired) electrons. The van der Waals surface area contributed by atoms with Gasteiger partial charge in [0.15, 0.2) is 4.96 Å². The summed E-state index contributed by atoms with van der Waals surface area (Å²) in [4.78, 5) is 20.3. The fourth-order valence-corrected chi connectivity index (χ4v) is 7.18. The van der Waals surface area contributed by atoms with Gasteiger partial charge in [0.1, 0.15) is 0 Å². The molecule has 9 heteroatoms. The van der Waals surface area contributed by atoms with Crippen LogP contribution in [0.25, 0.3) is 4.96 Å². The second-order valence-electron chi connectivity index (χ2n) is 9.95. The summed E-state index contributed by atoms with van der Waals surface area (Å²) < 4.78 is 30.2. The molecule has 1 aliphatic rings. The van der Waals surface area contributed by atoms with Crippen LogP contribution in [0.5, 0.6) is 0 Å². The molecule has 33 heavy (non-hydrogen) atoms. The van der Waals surface area contributed by atoms with Crippen molar-refractivity contribution in [1.29, 1.82) is 0 Å². The lowest BCUT2D eigenvalue weighted by Crippen LogP contribution is -2.48. The van der Waals surface area contributed by atoms with E-state index in [1.165, 1.54) is 11.3 Å². The number of aromatic nitrogens is 2. The van der Waals surface area contributed by atoms with Crippen molar-refractivity contribution in [3.8, 4) is 0 Å². The molecule has 0 N–H and O–H groups in total. The smallest absolute Gasteiger partial charge is 0.259 e. The minimum absolute atomic E-state index is 0.0369. The predicted molar refractivity (Wildman–Crippen MR) is 133 cm³/mol. The van der Waals surface area contributed by atoms with Crippen LogP contribution >= 0.6 is 11.3 Å². The van der Waals surface area contributed by atoms with Crippen molar-refractivity contribution in [2.24, 2.45) is 0 Å². The van der Waals surface area contributed by atoms with Crippen molar-refractivity contribution in [3.05, 3.63) is 62.0 Å². The van der Waals surface area contributed by atoms with Crippen LogP contribution in [0, 0.1) is 20.8 Å². The molecular formula is C24H32N4O3S2. The molecule has 0 aliphatic carbocycles. The highest BCUT2D eigenvalue weighted by atomic mass is 32.2. The molecule has 2 aromatic heterocycles. The van der Waals surface area contributed by atoms with E-state index in [0.29, 0.717) is 42.6 Å². The SMILES string of the molecule is Cc1cc(C(C)(C)C)cc(C)c1S(=O)(=O)N1CCN(Cc2cc(=O)n3c(C)csc3n2)CC1. The summed E-state index contributed by atoms with van der Waals surface area (Å²) in [6.45, 7) is 14.6. The highest BCUT2D eigenvalue weighted by molar-refractivity contribution is 7.89. The molecule has 1 aliphatic heterocycles. The van der Waals surface area contributed by atoms with Crippen LogP contribution in [-0.2, 0) is 22.0 Å². The molecule has 3 aromatic rings. The van der Waals surface area contributed by atoms with E-state index >= 15 is 0 Å². The molecule has 1 fully saturated rings. The van der Waals surface area contributed by atoms with Crippen LogP contribution in [-0.4, -0.2) is 53.2 Å². The number of rotatable bonds is 4. The molecule has 3 heterocycles. The molecule has 0 saturated carbocycles. The first-order chi connectivity index (χ1) is 15.4. The van der Waals surface area contributed by atoms with Crippen molar-refractivity contribution in [3.63, 3.8) is 0 Å². The van der Waals surface area contributed by atoms with Crippen LogP contribution < -0.4 is 5.56 Å². The number of fused-ring (bicyclic) bond motifs is 1. The Labute approximate surface area is 199 Å². The van der Waals surface area contributed by atoms with Gasteiger partial charge in [0.2, 0.25) is 10.0 Å². The Kier molecular flexibility index (Phi) is 6.28. The molecule has 0 spiro atoms. The van der Waals surface area contributed by atoms with E-state index in [9.17, 15) is 13.2 Å². The lowest BCUT2D eigenvalue weighted by Gasteiger charge is -2.34. The third kappa shape index (κ3) is 4.64. The lowest BCUT2D eigenvalue weighted by atomic mass is 9.85. The Morgan fingerprint density at radius 1 is 1.00 bits per heavy atom. The second-order valence-corrected chi connectivity index (χ2v) is 12.7. The van der Waals surface area contributed by atoms with Gasteiger partial charge in [-0.25, -0.2) is 13.4 Å². The number of aryl methyl sites for hydroxylation is 3. The number of thiazole rings is 1. The maximum absolute atomic E-state index is 13.5. The summed E-state index contributed by atoms with van der Waals surface area (Å²) in [6, 6.07) is 5.59. The molecule has 4 rings (SSSR count). The number of piperazine rings is 1. The average Bonchev–Trinajstić information content (AvgIpc) is 3.08. The summed E-state index contributed by atoms with van der Waals surface area (Å²) >= 11 is 1.46. The van der Waals surface area contributed by atoms with Gasteiger partial charge in [-0.15, -0.1) is 11.3 Å². The second kappa shape index (κ2) is 8.61. The van der Waals surface area contributed by atoms with Gasteiger partial charge in [-0.2, -0.15) is 4.31 Å². The molecule has 178 valence electrons. The number of benzene rings is 1. The molecule has 1 saturated heterocycles. The first-order valence-electron chi connectivity index (χ1n) is 11.2. The fraction of sp³-hybridized carbons (Fsp3) is 0.500. The van der Waals surface area contributed by atoms with E-state index in [-0.39, 0.29) is 11.0 Å². The highest BCUT2D eigenvalue weighted by Gasteiger charge is 2.32. The Morgan fingerprint density at radius 3 is 2.18 bits per heavy atom. The zero-order valence-electron chi connectivity index (χ0n) is 20.2. The van der Waals surface area contributed by atoms with Crippen LogP contribution in [0.4, 0.5) is 0 Å². The van der Waals surface area contributed by atoms with E-state index in [0.717, 1.165) is 28.1 Å². The zero-order valence-corrected chi connectivity index (χ0v) is 21.8. The average molecular weight is 489 g/mol. The van der Waals surface area contributed by atoms with E-state index in [1.807, 2.05) is 38.3 Å². The summed E-state index contributed by atoms with van der Waals surface area (Å²) in [7, 11) is -3.58. The Morgan fingerprint density at radius 2 is 1.61 bits per heavy atom. The Balaban J connectivity index is 1.49. The van der Waals surface area contributed by atoms with E-state index in [1.54, 1.807) is 14.8 Å². The zero-order chi connectivity index (χ0) is 24.1. The maximum atomic E-state index is 13.5. The fourth-order valence-electron chi connectivity index (χ4n) is 4.46. The normalized spacial score (nSPS) is 16.5. The molecule has 0 unspecified atom stereocenters. The van der Waals surface area contributed by atoms with Gasteiger partial charge >= 0.3 is 0 Å². The van der Waals surface area contributed by atoms with Crippen LogP contribution in [0.3, 0.4) is 0 Å². The monoisotopic (exact) mass is 488 g/mol. The Hall–Kier alpha value is -2.07. The van der Waals surface area contributed by atoms with E-state index < -0.39 is 10.0 Å². The molecular weight excluding hydrogens is 456 g/mol. The first kappa shape index (κ1) is 24.1. The van der Waals surface area contributed by atoms with Gasteiger partial charge in [0, 0.05) is 49.9 Å². The summed E-state index contributed by atoms with van der Waals surface area (Å²) in [5, 5.41) is 1.93. The lowest BCUT2D eigenvalue weighted by molar-refractivity contribution is 0.180. The number of sulfonamides is 1. The molecule has 0 amide bonds. The number of nitrogens with zero attached hydrogens (tertiary/aromatic N) is 4. The van der Waals surface area contributed by atoms with Gasteiger partial charge in [0.05, 0.1) is 10.6 Å². The number of hydrogen-bond acceptors (Lipinski definition) is 6. The highest BCUT2D eigenvalue weighted by Crippen LogP contribution is 2.31. The van der Waals surface area contributed by atoms with Gasteiger partial charge in [-0.1, -0.05) is 32.9 Å². The summed E-state index contributed by atoms with van der Waals surface area (Å²) in [5.41, 5.74) is 4.24. The van der Waals surface area contributed by atoms with Crippen molar-refractivity contribution < 1.29 is 8.42 Å². The minimum atomic E-state index is -3.58. The van der Waals surface area contributed by atoms with Gasteiger partial charge in [0.25, 0.3) is 5.56 Å². The maximum Gasteiger partial charge on any atom is 0.259 e. The standard InChI is InChI=1S/C24H32N4O3S2/c1-16-11-19(24(4,5)6)12-17(2)22(16)33(30,31)27-9-7-26(8-10-27)14-20-13-21(29)28-18(3)15-32-23(28)25-20/h11-13,15H,7-10,14H2,1-6H3. The summed E-state index contributed by atoms with van der Waals surface area (Å²) in [5.74, 6) is 0. The molecule has 0 atom stereocenters. The number of hydrogen-bond donors (Lipinski definition) is 0. The van der Waals surface area contributed by atoms with Gasteiger partial charge < -0.3 is 0 Å². The van der Waals surface area contributed by atoms with E-state index in [2.05, 4.69) is 30.7 Å². The van der Waals surface area contributed by atoms with Gasteiger partial charge in [-0.3, -0.25) is 14.1 Å². The Bertz CT molecular complexity index is 1340. The van der Waals surface area contributed by atoms with Crippen molar-refractivity contribution >= 4 is 26.3 Å². The minimum Gasteiger partial charge on any atom is -0.295 e. The van der Waals surface area contributed by atoms with Crippen LogP contribution in [0.1, 0.15) is 48.8 Å². The topological polar surface area (TPSA) is 75.0 Å². The third-order valence-corrected chi connectivity index (χ3v) is 9.42. The van der Waals surface area contributed by atoms with Crippen LogP contribution in [0.15, 0.2) is 33.3 Å². The molecule has 7 nitrogen and oxygen atoms in total.